The van der Waals surface area contributed by atoms with Gasteiger partial charge in [-0.2, -0.15) is 10.1 Å². The molecule has 2 aromatic carbocycles. The van der Waals surface area contributed by atoms with Crippen molar-refractivity contribution in [1.29, 1.82) is 0 Å². The predicted octanol–water partition coefficient (Wildman–Crippen LogP) is 4.31. The van der Waals surface area contributed by atoms with Gasteiger partial charge in [0.25, 0.3) is 5.91 Å². The summed E-state index contributed by atoms with van der Waals surface area (Å²) in [5.74, 6) is 0.779. The van der Waals surface area contributed by atoms with Gasteiger partial charge in [-0.3, -0.25) is 4.79 Å². The van der Waals surface area contributed by atoms with Crippen molar-refractivity contribution in [3.63, 3.8) is 0 Å². The van der Waals surface area contributed by atoms with E-state index in [2.05, 4.69) is 33.2 Å². The van der Waals surface area contributed by atoms with E-state index >= 15 is 0 Å². The fourth-order valence-corrected chi connectivity index (χ4v) is 4.30. The molecule has 0 aromatic heterocycles. The highest BCUT2D eigenvalue weighted by Crippen LogP contribution is 2.45. The summed E-state index contributed by atoms with van der Waals surface area (Å²) in [4.78, 5) is 14.1. The van der Waals surface area contributed by atoms with Crippen LogP contribution in [0.3, 0.4) is 0 Å². The Balaban J connectivity index is 1.84. The lowest BCUT2D eigenvalue weighted by atomic mass is 9.83. The summed E-state index contributed by atoms with van der Waals surface area (Å²) in [6.07, 6.45) is 0. The minimum Gasteiger partial charge on any atom is -0.271 e. The highest BCUT2D eigenvalue weighted by Gasteiger charge is 2.50. The first-order valence-electron chi connectivity index (χ1n) is 7.01. The van der Waals surface area contributed by atoms with E-state index in [0.29, 0.717) is 0 Å². The molecule has 0 bridgehead atoms. The molecule has 0 spiro atoms. The second-order valence-corrected chi connectivity index (χ2v) is 7.59. The van der Waals surface area contributed by atoms with E-state index in [1.807, 2.05) is 43.3 Å². The van der Waals surface area contributed by atoms with Crippen molar-refractivity contribution < 1.29 is 4.79 Å². The van der Waals surface area contributed by atoms with Crippen LogP contribution in [-0.4, -0.2) is 17.4 Å². The minimum absolute atomic E-state index is 0.0480. The van der Waals surface area contributed by atoms with Crippen molar-refractivity contribution in [2.45, 2.75) is 11.8 Å². The number of hydrogen-bond acceptors (Lipinski definition) is 3. The van der Waals surface area contributed by atoms with E-state index in [9.17, 15) is 4.79 Å². The molecule has 1 unspecified atom stereocenters. The van der Waals surface area contributed by atoms with Crippen LogP contribution in [0.25, 0.3) is 0 Å². The molecular formula is C17H13BrN2OS. The molecule has 0 aliphatic carbocycles. The van der Waals surface area contributed by atoms with Crippen LogP contribution >= 0.6 is 27.7 Å². The molecule has 1 atom stereocenters. The number of hydrazone groups is 1. The van der Waals surface area contributed by atoms with Crippen molar-refractivity contribution in [2.75, 3.05) is 10.8 Å². The number of amides is 1. The van der Waals surface area contributed by atoms with Crippen molar-refractivity contribution >= 4 is 45.0 Å². The van der Waals surface area contributed by atoms with Crippen molar-refractivity contribution in [2.24, 2.45) is 10.5 Å². The highest BCUT2D eigenvalue weighted by molar-refractivity contribution is 9.10. The summed E-state index contributed by atoms with van der Waals surface area (Å²) in [5, 5.41) is 6.22. The molecule has 2 aliphatic heterocycles. The maximum Gasteiger partial charge on any atom is 0.260 e. The predicted molar refractivity (Wildman–Crippen MR) is 93.4 cm³/mol. The van der Waals surface area contributed by atoms with Crippen LogP contribution in [0.1, 0.15) is 12.5 Å². The zero-order chi connectivity index (χ0) is 15.3. The first-order chi connectivity index (χ1) is 10.6. The molecule has 0 saturated heterocycles. The number of thioether (sulfide) groups is 1. The number of halogens is 1. The lowest BCUT2D eigenvalue weighted by molar-refractivity contribution is -0.122. The Morgan fingerprint density at radius 2 is 1.91 bits per heavy atom. The number of rotatable bonds is 1. The third-order valence-electron chi connectivity index (χ3n) is 4.12. The minimum atomic E-state index is -0.550. The number of fused-ring (bicyclic) bond motifs is 3. The summed E-state index contributed by atoms with van der Waals surface area (Å²) in [7, 11) is 0. The van der Waals surface area contributed by atoms with Crippen LogP contribution in [0.5, 0.6) is 0 Å². The van der Waals surface area contributed by atoms with E-state index in [1.165, 1.54) is 4.90 Å². The quantitative estimate of drug-likeness (QED) is 0.746. The van der Waals surface area contributed by atoms with E-state index in [0.717, 1.165) is 27.2 Å². The molecule has 2 aliphatic rings. The molecule has 0 fully saturated rings. The fourth-order valence-electron chi connectivity index (χ4n) is 2.84. The van der Waals surface area contributed by atoms with Crippen LogP contribution in [0.2, 0.25) is 0 Å². The molecule has 0 radical (unpaired) electrons. The van der Waals surface area contributed by atoms with E-state index in [1.54, 1.807) is 16.8 Å². The van der Waals surface area contributed by atoms with Gasteiger partial charge in [0.15, 0.2) is 0 Å². The van der Waals surface area contributed by atoms with E-state index in [4.69, 9.17) is 0 Å². The Labute approximate surface area is 141 Å². The number of benzene rings is 2. The smallest absolute Gasteiger partial charge is 0.260 e. The maximum atomic E-state index is 12.9. The standard InChI is InChI=1S/C17H13BrN2OS/c1-17-10-22-14-5-3-2-4-13(14)15(17)19-20(16(17)21)12-8-6-11(18)7-9-12/h2-9H,10H2,1H3. The molecular weight excluding hydrogens is 360 g/mol. The Morgan fingerprint density at radius 3 is 2.68 bits per heavy atom. The van der Waals surface area contributed by atoms with E-state index < -0.39 is 5.41 Å². The van der Waals surface area contributed by atoms with E-state index in [-0.39, 0.29) is 5.91 Å². The number of nitrogens with zero attached hydrogens (tertiary/aromatic N) is 2. The van der Waals surface area contributed by atoms with Crippen molar-refractivity contribution in [3.8, 4) is 0 Å². The Bertz CT molecular complexity index is 803. The summed E-state index contributed by atoms with van der Waals surface area (Å²) in [6.45, 7) is 2.00. The SMILES string of the molecule is CC12CSc3ccccc3C1=NN(c1ccc(Br)cc1)C2=O. The third-order valence-corrected chi connectivity index (χ3v) is 6.03. The number of carbonyl (C=O) groups excluding carboxylic acids is 1. The summed E-state index contributed by atoms with van der Waals surface area (Å²) in [5.41, 5.74) is 2.22. The first kappa shape index (κ1) is 14.0. The van der Waals surface area contributed by atoms with Crippen molar-refractivity contribution in [1.82, 2.24) is 0 Å². The molecule has 3 nitrogen and oxygen atoms in total. The van der Waals surface area contributed by atoms with Gasteiger partial charge < -0.3 is 0 Å². The van der Waals surface area contributed by atoms with Gasteiger partial charge in [0.2, 0.25) is 0 Å². The number of hydrogen-bond donors (Lipinski definition) is 0. The molecule has 1 amide bonds. The fraction of sp³-hybridized carbons (Fsp3) is 0.176. The lowest BCUT2D eigenvalue weighted by Crippen LogP contribution is -2.41. The number of anilines is 1. The Morgan fingerprint density at radius 1 is 1.18 bits per heavy atom. The number of carbonyl (C=O) groups is 1. The average Bonchev–Trinajstić information content (AvgIpc) is 2.81. The second-order valence-electron chi connectivity index (χ2n) is 5.66. The first-order valence-corrected chi connectivity index (χ1v) is 8.79. The third kappa shape index (κ3) is 1.96. The second kappa shape index (κ2) is 4.96. The Hall–Kier alpha value is -1.59. The molecule has 0 saturated carbocycles. The molecule has 0 N–H and O–H groups in total. The lowest BCUT2D eigenvalue weighted by Gasteiger charge is -2.29. The van der Waals surface area contributed by atoms with Crippen molar-refractivity contribution in [3.05, 3.63) is 58.6 Å². The van der Waals surface area contributed by atoms with Gasteiger partial charge in [-0.05, 0) is 37.3 Å². The average molecular weight is 373 g/mol. The monoisotopic (exact) mass is 372 g/mol. The topological polar surface area (TPSA) is 32.7 Å². The van der Waals surface area contributed by atoms with Gasteiger partial charge in [-0.25, -0.2) is 0 Å². The van der Waals surface area contributed by atoms with Gasteiger partial charge in [0.05, 0.1) is 11.4 Å². The molecule has 22 heavy (non-hydrogen) atoms. The molecule has 4 rings (SSSR count). The Kier molecular flexibility index (Phi) is 3.16. The molecule has 110 valence electrons. The summed E-state index contributed by atoms with van der Waals surface area (Å²) in [6, 6.07) is 15.8. The van der Waals surface area contributed by atoms with Gasteiger partial charge in [0, 0.05) is 20.7 Å². The van der Waals surface area contributed by atoms with Crippen LogP contribution in [0.15, 0.2) is 63.0 Å². The molecule has 5 heteroatoms. The summed E-state index contributed by atoms with van der Waals surface area (Å²) < 4.78 is 0.986. The maximum absolute atomic E-state index is 12.9. The zero-order valence-corrected chi connectivity index (χ0v) is 14.3. The van der Waals surface area contributed by atoms with Gasteiger partial charge in [0.1, 0.15) is 5.41 Å². The van der Waals surface area contributed by atoms with Gasteiger partial charge in [-0.1, -0.05) is 34.1 Å². The molecule has 2 heterocycles. The van der Waals surface area contributed by atoms with Gasteiger partial charge >= 0.3 is 0 Å². The van der Waals surface area contributed by atoms with Crippen LogP contribution in [-0.2, 0) is 4.79 Å². The largest absolute Gasteiger partial charge is 0.271 e. The van der Waals surface area contributed by atoms with Crippen LogP contribution < -0.4 is 5.01 Å². The van der Waals surface area contributed by atoms with Crippen LogP contribution in [0.4, 0.5) is 5.69 Å². The van der Waals surface area contributed by atoms with Gasteiger partial charge in [-0.15, -0.1) is 11.8 Å². The normalized spacial score (nSPS) is 23.1. The zero-order valence-electron chi connectivity index (χ0n) is 11.9. The summed E-state index contributed by atoms with van der Waals surface area (Å²) >= 11 is 5.15. The van der Waals surface area contributed by atoms with Crippen LogP contribution in [0, 0.1) is 5.41 Å². The molecule has 2 aromatic rings. The highest BCUT2D eigenvalue weighted by atomic mass is 79.9.